The molecule has 1 aromatic rings. The first kappa shape index (κ1) is 19.4. The van der Waals surface area contributed by atoms with Gasteiger partial charge in [0.2, 0.25) is 5.91 Å². The minimum atomic E-state index is -3.30. The van der Waals surface area contributed by atoms with E-state index in [9.17, 15) is 18.0 Å². The van der Waals surface area contributed by atoms with E-state index in [4.69, 9.17) is 5.11 Å². The SMILES string of the molecule is CCS(=O)(=O)c1cccc(CC(=O)N2CCCCC2CCC(=O)O)c1. The molecular weight excluding hydrogens is 342 g/mol. The quantitative estimate of drug-likeness (QED) is 0.798. The lowest BCUT2D eigenvalue weighted by Gasteiger charge is -2.36. The third-order valence-corrected chi connectivity index (χ3v) is 6.36. The maximum atomic E-state index is 12.7. The molecule has 1 atom stereocenters. The standard InChI is InChI=1S/C18H25NO5S/c1-2-25(23,24)16-8-5-6-14(12-16)13-17(20)19-11-4-3-7-15(19)9-10-18(21)22/h5-6,8,12,15H,2-4,7,9-11,13H2,1H3,(H,21,22). The largest absolute Gasteiger partial charge is 0.481 e. The highest BCUT2D eigenvalue weighted by Crippen LogP contribution is 2.22. The van der Waals surface area contributed by atoms with Crippen molar-refractivity contribution in [2.45, 2.75) is 56.4 Å². The Balaban J connectivity index is 2.09. The summed E-state index contributed by atoms with van der Waals surface area (Å²) in [6.07, 6.45) is 3.39. The van der Waals surface area contributed by atoms with Crippen LogP contribution in [-0.4, -0.2) is 48.6 Å². The van der Waals surface area contributed by atoms with Gasteiger partial charge in [0.25, 0.3) is 0 Å². The van der Waals surface area contributed by atoms with Crippen LogP contribution in [0.15, 0.2) is 29.2 Å². The first-order valence-electron chi connectivity index (χ1n) is 8.66. The normalized spacial score (nSPS) is 18.1. The lowest BCUT2D eigenvalue weighted by Crippen LogP contribution is -2.44. The van der Waals surface area contributed by atoms with Crippen molar-refractivity contribution in [1.82, 2.24) is 4.90 Å². The van der Waals surface area contributed by atoms with Crippen LogP contribution in [0.5, 0.6) is 0 Å². The minimum Gasteiger partial charge on any atom is -0.481 e. The van der Waals surface area contributed by atoms with Crippen molar-refractivity contribution in [2.24, 2.45) is 0 Å². The first-order valence-corrected chi connectivity index (χ1v) is 10.3. The molecule has 138 valence electrons. The van der Waals surface area contributed by atoms with Crippen molar-refractivity contribution in [3.63, 3.8) is 0 Å². The highest BCUT2D eigenvalue weighted by Gasteiger charge is 2.27. The van der Waals surface area contributed by atoms with Gasteiger partial charge in [-0.3, -0.25) is 9.59 Å². The van der Waals surface area contributed by atoms with Gasteiger partial charge >= 0.3 is 5.97 Å². The number of carboxylic acids is 1. The number of rotatable bonds is 7. The van der Waals surface area contributed by atoms with Crippen molar-refractivity contribution in [3.05, 3.63) is 29.8 Å². The highest BCUT2D eigenvalue weighted by atomic mass is 32.2. The first-order chi connectivity index (χ1) is 11.8. The van der Waals surface area contributed by atoms with Crippen LogP contribution >= 0.6 is 0 Å². The van der Waals surface area contributed by atoms with Gasteiger partial charge in [0.1, 0.15) is 0 Å². The summed E-state index contributed by atoms with van der Waals surface area (Å²) >= 11 is 0. The van der Waals surface area contributed by atoms with Gasteiger partial charge in [0, 0.05) is 19.0 Å². The number of carboxylic acid groups (broad SMARTS) is 1. The van der Waals surface area contributed by atoms with Gasteiger partial charge < -0.3 is 10.0 Å². The minimum absolute atomic E-state index is 0.0216. The van der Waals surface area contributed by atoms with Gasteiger partial charge in [-0.2, -0.15) is 0 Å². The molecule has 1 amide bonds. The number of carbonyl (C=O) groups excluding carboxylic acids is 1. The maximum absolute atomic E-state index is 12.7. The summed E-state index contributed by atoms with van der Waals surface area (Å²) in [7, 11) is -3.30. The van der Waals surface area contributed by atoms with Gasteiger partial charge in [-0.05, 0) is 43.4 Å². The highest BCUT2D eigenvalue weighted by molar-refractivity contribution is 7.91. The van der Waals surface area contributed by atoms with E-state index in [1.807, 2.05) is 0 Å². The van der Waals surface area contributed by atoms with Crippen LogP contribution in [-0.2, 0) is 25.8 Å². The number of benzene rings is 1. The third kappa shape index (κ3) is 5.29. The molecule has 25 heavy (non-hydrogen) atoms. The molecule has 1 aliphatic rings. The van der Waals surface area contributed by atoms with Crippen molar-refractivity contribution in [3.8, 4) is 0 Å². The number of likely N-dealkylation sites (tertiary alicyclic amines) is 1. The number of nitrogens with zero attached hydrogens (tertiary/aromatic N) is 1. The average molecular weight is 367 g/mol. The number of hydrogen-bond acceptors (Lipinski definition) is 4. The number of aliphatic carboxylic acids is 1. The molecule has 0 bridgehead atoms. The maximum Gasteiger partial charge on any atom is 0.303 e. The van der Waals surface area contributed by atoms with Crippen LogP contribution in [0, 0.1) is 0 Å². The summed E-state index contributed by atoms with van der Waals surface area (Å²) < 4.78 is 24.0. The molecule has 0 spiro atoms. The van der Waals surface area contributed by atoms with Gasteiger partial charge in [0.15, 0.2) is 9.84 Å². The van der Waals surface area contributed by atoms with E-state index in [1.54, 1.807) is 36.1 Å². The Labute approximate surface area is 148 Å². The summed E-state index contributed by atoms with van der Waals surface area (Å²) in [5.74, 6) is -0.898. The van der Waals surface area contributed by atoms with Crippen molar-refractivity contribution >= 4 is 21.7 Å². The second-order valence-electron chi connectivity index (χ2n) is 6.40. The van der Waals surface area contributed by atoms with E-state index in [1.165, 1.54) is 0 Å². The van der Waals surface area contributed by atoms with Gasteiger partial charge in [-0.25, -0.2) is 8.42 Å². The van der Waals surface area contributed by atoms with Crippen LogP contribution in [0.3, 0.4) is 0 Å². The molecule has 1 saturated heterocycles. The van der Waals surface area contributed by atoms with Gasteiger partial charge in [-0.15, -0.1) is 0 Å². The Bertz CT molecular complexity index is 729. The molecule has 1 unspecified atom stereocenters. The molecule has 0 aromatic heterocycles. The van der Waals surface area contributed by atoms with Gasteiger partial charge in [0.05, 0.1) is 17.1 Å². The van der Waals surface area contributed by atoms with Crippen molar-refractivity contribution in [1.29, 1.82) is 0 Å². The monoisotopic (exact) mass is 367 g/mol. The molecule has 1 heterocycles. The van der Waals surface area contributed by atoms with E-state index in [0.717, 1.165) is 19.3 Å². The van der Waals surface area contributed by atoms with Crippen LogP contribution in [0.4, 0.5) is 0 Å². The molecular formula is C18H25NO5S. The van der Waals surface area contributed by atoms with Crippen molar-refractivity contribution in [2.75, 3.05) is 12.3 Å². The smallest absolute Gasteiger partial charge is 0.303 e. The molecule has 1 aromatic carbocycles. The number of piperidine rings is 1. The molecule has 1 aliphatic heterocycles. The Morgan fingerprint density at radius 3 is 2.72 bits per heavy atom. The zero-order valence-electron chi connectivity index (χ0n) is 14.5. The average Bonchev–Trinajstić information content (AvgIpc) is 2.60. The number of hydrogen-bond donors (Lipinski definition) is 1. The predicted octanol–water partition coefficient (Wildman–Crippen LogP) is 2.27. The zero-order valence-corrected chi connectivity index (χ0v) is 15.3. The molecule has 2 rings (SSSR count). The lowest BCUT2D eigenvalue weighted by molar-refractivity contribution is -0.139. The van der Waals surface area contributed by atoms with E-state index in [2.05, 4.69) is 0 Å². The summed E-state index contributed by atoms with van der Waals surface area (Å²) in [6.45, 7) is 2.23. The van der Waals surface area contributed by atoms with E-state index >= 15 is 0 Å². The Morgan fingerprint density at radius 2 is 2.04 bits per heavy atom. The summed E-state index contributed by atoms with van der Waals surface area (Å²) in [5.41, 5.74) is 0.669. The molecule has 1 fully saturated rings. The molecule has 7 heteroatoms. The fraction of sp³-hybridized carbons (Fsp3) is 0.556. The molecule has 0 aliphatic carbocycles. The fourth-order valence-corrected chi connectivity index (χ4v) is 4.16. The summed E-state index contributed by atoms with van der Waals surface area (Å²) in [4.78, 5) is 25.5. The Kier molecular flexibility index (Phi) is 6.58. The van der Waals surface area contributed by atoms with E-state index in [-0.39, 0.29) is 35.4 Å². The fourth-order valence-electron chi connectivity index (χ4n) is 3.21. The molecule has 0 radical (unpaired) electrons. The van der Waals surface area contributed by atoms with E-state index in [0.29, 0.717) is 18.5 Å². The zero-order chi connectivity index (χ0) is 18.4. The predicted molar refractivity (Wildman–Crippen MR) is 94.1 cm³/mol. The second-order valence-corrected chi connectivity index (χ2v) is 8.68. The van der Waals surface area contributed by atoms with E-state index < -0.39 is 15.8 Å². The number of carbonyl (C=O) groups is 2. The van der Waals surface area contributed by atoms with Crippen LogP contribution in [0.2, 0.25) is 0 Å². The molecule has 6 nitrogen and oxygen atoms in total. The Morgan fingerprint density at radius 1 is 1.28 bits per heavy atom. The summed E-state index contributed by atoms with van der Waals surface area (Å²) in [5, 5.41) is 8.87. The van der Waals surface area contributed by atoms with Crippen LogP contribution < -0.4 is 0 Å². The van der Waals surface area contributed by atoms with Crippen LogP contribution in [0.25, 0.3) is 0 Å². The number of sulfone groups is 1. The van der Waals surface area contributed by atoms with Crippen LogP contribution in [0.1, 0.15) is 44.6 Å². The van der Waals surface area contributed by atoms with Gasteiger partial charge in [-0.1, -0.05) is 19.1 Å². The molecule has 1 N–H and O–H groups in total. The second kappa shape index (κ2) is 8.47. The lowest BCUT2D eigenvalue weighted by atomic mass is 9.97. The topological polar surface area (TPSA) is 91.8 Å². The third-order valence-electron chi connectivity index (χ3n) is 4.63. The number of amides is 1. The summed E-state index contributed by atoms with van der Waals surface area (Å²) in [6, 6.07) is 6.47. The van der Waals surface area contributed by atoms with Crippen molar-refractivity contribution < 1.29 is 23.1 Å². The Hall–Kier alpha value is -1.89. The molecule has 0 saturated carbocycles.